The molecule has 2 atom stereocenters. The van der Waals surface area contributed by atoms with E-state index in [0.717, 1.165) is 19.4 Å². The van der Waals surface area contributed by atoms with Gasteiger partial charge in [0.1, 0.15) is 18.2 Å². The Morgan fingerprint density at radius 2 is 2.12 bits per heavy atom. The smallest absolute Gasteiger partial charge is 0.222 e. The van der Waals surface area contributed by atoms with Gasteiger partial charge in [-0.15, -0.1) is 0 Å². The zero-order chi connectivity index (χ0) is 17.4. The monoisotopic (exact) mass is 338 g/mol. The van der Waals surface area contributed by atoms with Crippen LogP contribution in [0.1, 0.15) is 32.6 Å². The lowest BCUT2D eigenvalue weighted by atomic mass is 10.1. The summed E-state index contributed by atoms with van der Waals surface area (Å²) in [6.07, 6.45) is 2.54. The van der Waals surface area contributed by atoms with Crippen LogP contribution >= 0.6 is 0 Å². The summed E-state index contributed by atoms with van der Waals surface area (Å²) in [6, 6.07) is 6.18. The van der Waals surface area contributed by atoms with Gasteiger partial charge in [-0.05, 0) is 50.1 Å². The van der Waals surface area contributed by atoms with E-state index in [1.165, 1.54) is 12.1 Å². The molecule has 0 bridgehead atoms. The van der Waals surface area contributed by atoms with E-state index in [9.17, 15) is 14.3 Å². The van der Waals surface area contributed by atoms with Gasteiger partial charge in [-0.2, -0.15) is 0 Å². The summed E-state index contributed by atoms with van der Waals surface area (Å²) >= 11 is 0. The maximum atomic E-state index is 12.8. The SMILES string of the molecule is CCC(O)CN1C(=O)CCC1CCNCCOc1ccc(F)cc1. The van der Waals surface area contributed by atoms with Crippen LogP contribution in [-0.2, 0) is 4.79 Å². The van der Waals surface area contributed by atoms with Gasteiger partial charge in [-0.1, -0.05) is 6.92 Å². The summed E-state index contributed by atoms with van der Waals surface area (Å²) in [7, 11) is 0. The van der Waals surface area contributed by atoms with Crippen molar-refractivity contribution in [3.63, 3.8) is 0 Å². The van der Waals surface area contributed by atoms with Crippen molar-refractivity contribution in [2.45, 2.75) is 44.8 Å². The molecular formula is C18H27FN2O3. The van der Waals surface area contributed by atoms with Crippen LogP contribution in [0.2, 0.25) is 0 Å². The molecule has 2 N–H and O–H groups in total. The summed E-state index contributed by atoms with van der Waals surface area (Å²) in [5, 5.41) is 13.1. The number of amides is 1. The largest absolute Gasteiger partial charge is 0.492 e. The lowest BCUT2D eigenvalue weighted by Gasteiger charge is -2.27. The molecular weight excluding hydrogens is 311 g/mol. The standard InChI is InChI=1S/C18H27FN2O3/c1-2-16(22)13-21-15(5-8-18(21)23)9-10-20-11-12-24-17-6-3-14(19)4-7-17/h3-4,6-7,15-16,20,22H,2,5,8-13H2,1H3. The van der Waals surface area contributed by atoms with Crippen molar-refractivity contribution in [3.05, 3.63) is 30.1 Å². The lowest BCUT2D eigenvalue weighted by molar-refractivity contribution is -0.130. The Labute approximate surface area is 142 Å². The highest BCUT2D eigenvalue weighted by Gasteiger charge is 2.31. The number of benzene rings is 1. The van der Waals surface area contributed by atoms with Gasteiger partial charge in [0, 0.05) is 25.6 Å². The molecule has 1 aliphatic rings. The number of likely N-dealkylation sites (tertiary alicyclic amines) is 1. The third-order valence-corrected chi connectivity index (χ3v) is 4.35. The average molecular weight is 338 g/mol. The van der Waals surface area contributed by atoms with Gasteiger partial charge >= 0.3 is 0 Å². The minimum atomic E-state index is -0.438. The molecule has 6 heteroatoms. The normalized spacial score (nSPS) is 18.9. The molecule has 0 aliphatic carbocycles. The first-order chi connectivity index (χ1) is 11.6. The highest BCUT2D eigenvalue weighted by Crippen LogP contribution is 2.21. The van der Waals surface area contributed by atoms with Gasteiger partial charge < -0.3 is 20.1 Å². The average Bonchev–Trinajstić information content (AvgIpc) is 2.92. The van der Waals surface area contributed by atoms with Crippen molar-refractivity contribution in [2.24, 2.45) is 0 Å². The number of hydrogen-bond donors (Lipinski definition) is 2. The number of carbonyl (C=O) groups excluding carboxylic acids is 1. The van der Waals surface area contributed by atoms with Crippen LogP contribution in [0.3, 0.4) is 0 Å². The van der Waals surface area contributed by atoms with Crippen molar-refractivity contribution in [2.75, 3.05) is 26.2 Å². The highest BCUT2D eigenvalue weighted by atomic mass is 19.1. The molecule has 2 unspecified atom stereocenters. The number of carbonyl (C=O) groups is 1. The van der Waals surface area contributed by atoms with E-state index < -0.39 is 6.10 Å². The fourth-order valence-electron chi connectivity index (χ4n) is 2.87. The Bertz CT molecular complexity index is 509. The summed E-state index contributed by atoms with van der Waals surface area (Å²) in [6.45, 7) is 4.35. The minimum Gasteiger partial charge on any atom is -0.492 e. The third kappa shape index (κ3) is 5.76. The Hall–Kier alpha value is -1.66. The molecule has 2 rings (SSSR count). The van der Waals surface area contributed by atoms with Crippen molar-refractivity contribution >= 4 is 5.91 Å². The summed E-state index contributed by atoms with van der Waals surface area (Å²) < 4.78 is 18.3. The van der Waals surface area contributed by atoms with Gasteiger partial charge in [-0.25, -0.2) is 4.39 Å². The quantitative estimate of drug-likeness (QED) is 0.640. The molecule has 1 fully saturated rings. The number of ether oxygens (including phenoxy) is 1. The molecule has 0 saturated carbocycles. The maximum Gasteiger partial charge on any atom is 0.222 e. The number of aliphatic hydroxyl groups excluding tert-OH is 1. The summed E-state index contributed by atoms with van der Waals surface area (Å²) in [5.41, 5.74) is 0. The molecule has 134 valence electrons. The van der Waals surface area contributed by atoms with Gasteiger partial charge in [0.05, 0.1) is 6.10 Å². The van der Waals surface area contributed by atoms with E-state index in [1.807, 2.05) is 11.8 Å². The van der Waals surface area contributed by atoms with Crippen LogP contribution in [-0.4, -0.2) is 54.3 Å². The fraction of sp³-hybridized carbons (Fsp3) is 0.611. The number of hydrogen-bond acceptors (Lipinski definition) is 4. The van der Waals surface area contributed by atoms with E-state index in [0.29, 0.717) is 38.3 Å². The Morgan fingerprint density at radius 3 is 2.83 bits per heavy atom. The number of nitrogens with zero attached hydrogens (tertiary/aromatic N) is 1. The number of aliphatic hydroxyl groups is 1. The van der Waals surface area contributed by atoms with Gasteiger partial charge in [0.25, 0.3) is 0 Å². The number of nitrogens with one attached hydrogen (secondary N) is 1. The fourth-order valence-corrected chi connectivity index (χ4v) is 2.87. The molecule has 0 spiro atoms. The van der Waals surface area contributed by atoms with Crippen molar-refractivity contribution in [1.82, 2.24) is 10.2 Å². The second-order valence-corrected chi connectivity index (χ2v) is 6.14. The van der Waals surface area contributed by atoms with Gasteiger partial charge in [0.15, 0.2) is 0 Å². The topological polar surface area (TPSA) is 61.8 Å². The van der Waals surface area contributed by atoms with Gasteiger partial charge in [0.2, 0.25) is 5.91 Å². The Balaban J connectivity index is 1.61. The minimum absolute atomic E-state index is 0.146. The summed E-state index contributed by atoms with van der Waals surface area (Å²) in [4.78, 5) is 13.7. The number of rotatable bonds is 10. The second kappa shape index (κ2) is 9.59. The van der Waals surface area contributed by atoms with Crippen molar-refractivity contribution < 1.29 is 19.0 Å². The molecule has 5 nitrogen and oxygen atoms in total. The molecule has 0 radical (unpaired) electrons. The molecule has 24 heavy (non-hydrogen) atoms. The van der Waals surface area contributed by atoms with Crippen LogP contribution < -0.4 is 10.1 Å². The molecule has 1 amide bonds. The Kier molecular flexibility index (Phi) is 7.46. The van der Waals surface area contributed by atoms with E-state index in [4.69, 9.17) is 4.74 Å². The van der Waals surface area contributed by atoms with Crippen LogP contribution in [0.15, 0.2) is 24.3 Å². The van der Waals surface area contributed by atoms with Crippen LogP contribution in [0.5, 0.6) is 5.75 Å². The third-order valence-electron chi connectivity index (χ3n) is 4.35. The maximum absolute atomic E-state index is 12.8. The molecule has 1 aromatic carbocycles. The first kappa shape index (κ1) is 18.7. The zero-order valence-corrected chi connectivity index (χ0v) is 14.2. The molecule has 1 aliphatic heterocycles. The highest BCUT2D eigenvalue weighted by molar-refractivity contribution is 5.78. The first-order valence-corrected chi connectivity index (χ1v) is 8.66. The molecule has 1 heterocycles. The number of halogens is 1. The predicted molar refractivity (Wildman–Crippen MR) is 90.4 cm³/mol. The predicted octanol–water partition coefficient (Wildman–Crippen LogP) is 1.95. The second-order valence-electron chi connectivity index (χ2n) is 6.14. The van der Waals surface area contributed by atoms with Crippen LogP contribution in [0.25, 0.3) is 0 Å². The summed E-state index contributed by atoms with van der Waals surface area (Å²) in [5.74, 6) is 0.524. The van der Waals surface area contributed by atoms with Crippen molar-refractivity contribution in [3.8, 4) is 5.75 Å². The molecule has 0 aromatic heterocycles. The van der Waals surface area contributed by atoms with E-state index in [-0.39, 0.29) is 17.8 Å². The van der Waals surface area contributed by atoms with Gasteiger partial charge in [-0.3, -0.25) is 4.79 Å². The Morgan fingerprint density at radius 1 is 1.38 bits per heavy atom. The van der Waals surface area contributed by atoms with Crippen LogP contribution in [0, 0.1) is 5.82 Å². The van der Waals surface area contributed by atoms with E-state index in [1.54, 1.807) is 12.1 Å². The first-order valence-electron chi connectivity index (χ1n) is 8.66. The zero-order valence-electron chi connectivity index (χ0n) is 14.2. The molecule has 1 aromatic rings. The lowest BCUT2D eigenvalue weighted by Crippen LogP contribution is -2.40. The van der Waals surface area contributed by atoms with E-state index >= 15 is 0 Å². The number of β-amino-alcohol motifs (C(OH)–C–C–N with tert-alkyl or cyclic N) is 1. The van der Waals surface area contributed by atoms with Crippen LogP contribution in [0.4, 0.5) is 4.39 Å². The van der Waals surface area contributed by atoms with E-state index in [2.05, 4.69) is 5.32 Å². The molecule has 1 saturated heterocycles. The van der Waals surface area contributed by atoms with Crippen molar-refractivity contribution in [1.29, 1.82) is 0 Å².